The van der Waals surface area contributed by atoms with Gasteiger partial charge in [-0.3, -0.25) is 10.1 Å². The van der Waals surface area contributed by atoms with E-state index in [1.54, 1.807) is 6.07 Å². The Balaban J connectivity index is 2.22. The first-order valence-electron chi connectivity index (χ1n) is 5.49. The summed E-state index contributed by atoms with van der Waals surface area (Å²) in [5.74, 6) is 0.197. The standard InChI is InChI=1S/C13H13BrN2O2/c1-7-6-10(4-5-11(7)14)12(17)15-13-8(2)9(3)16-18-13/h4-6H,1-3H3,(H,15,17). The van der Waals surface area contributed by atoms with Crippen molar-refractivity contribution in [2.75, 3.05) is 5.32 Å². The molecule has 2 rings (SSSR count). The second-order valence-electron chi connectivity index (χ2n) is 4.14. The molecule has 2 aromatic rings. The summed E-state index contributed by atoms with van der Waals surface area (Å²) in [6.45, 7) is 5.62. The Kier molecular flexibility index (Phi) is 3.52. The van der Waals surface area contributed by atoms with Crippen molar-refractivity contribution in [3.05, 3.63) is 45.1 Å². The number of anilines is 1. The number of carbonyl (C=O) groups is 1. The topological polar surface area (TPSA) is 55.1 Å². The van der Waals surface area contributed by atoms with Crippen LogP contribution in [-0.2, 0) is 0 Å². The van der Waals surface area contributed by atoms with Gasteiger partial charge in [0, 0.05) is 15.6 Å². The van der Waals surface area contributed by atoms with E-state index in [0.717, 1.165) is 21.3 Å². The molecular weight excluding hydrogens is 296 g/mol. The van der Waals surface area contributed by atoms with E-state index in [9.17, 15) is 4.79 Å². The molecule has 0 bridgehead atoms. The van der Waals surface area contributed by atoms with Crippen LogP contribution in [0.5, 0.6) is 0 Å². The molecule has 4 nitrogen and oxygen atoms in total. The summed E-state index contributed by atoms with van der Waals surface area (Å²) < 4.78 is 6.03. The summed E-state index contributed by atoms with van der Waals surface area (Å²) >= 11 is 3.40. The number of nitrogens with zero attached hydrogens (tertiary/aromatic N) is 1. The zero-order valence-corrected chi connectivity index (χ0v) is 12.0. The van der Waals surface area contributed by atoms with Crippen LogP contribution < -0.4 is 5.32 Å². The van der Waals surface area contributed by atoms with Gasteiger partial charge in [0.1, 0.15) is 0 Å². The predicted octanol–water partition coefficient (Wildman–Crippen LogP) is 3.61. The number of hydrogen-bond donors (Lipinski definition) is 1. The Morgan fingerprint density at radius 1 is 1.33 bits per heavy atom. The van der Waals surface area contributed by atoms with Crippen LogP contribution in [0.2, 0.25) is 0 Å². The zero-order valence-electron chi connectivity index (χ0n) is 10.4. The highest BCUT2D eigenvalue weighted by atomic mass is 79.9. The van der Waals surface area contributed by atoms with E-state index in [1.807, 2.05) is 32.9 Å². The van der Waals surface area contributed by atoms with Crippen molar-refractivity contribution >= 4 is 27.7 Å². The van der Waals surface area contributed by atoms with E-state index < -0.39 is 0 Å². The van der Waals surface area contributed by atoms with Gasteiger partial charge in [0.25, 0.3) is 5.91 Å². The highest BCUT2D eigenvalue weighted by molar-refractivity contribution is 9.10. The molecule has 18 heavy (non-hydrogen) atoms. The van der Waals surface area contributed by atoms with Crippen molar-refractivity contribution in [1.29, 1.82) is 0 Å². The van der Waals surface area contributed by atoms with Gasteiger partial charge in [-0.1, -0.05) is 21.1 Å². The lowest BCUT2D eigenvalue weighted by Crippen LogP contribution is -2.12. The lowest BCUT2D eigenvalue weighted by Gasteiger charge is -2.04. The Labute approximate surface area is 113 Å². The van der Waals surface area contributed by atoms with Gasteiger partial charge < -0.3 is 4.52 Å². The minimum atomic E-state index is -0.204. The minimum Gasteiger partial charge on any atom is -0.338 e. The summed E-state index contributed by atoms with van der Waals surface area (Å²) in [7, 11) is 0. The number of nitrogens with one attached hydrogen (secondary N) is 1. The summed E-state index contributed by atoms with van der Waals surface area (Å²) in [5.41, 5.74) is 3.21. The molecule has 1 amide bonds. The van der Waals surface area contributed by atoms with E-state index in [-0.39, 0.29) is 5.91 Å². The fourth-order valence-electron chi connectivity index (χ4n) is 1.49. The molecule has 94 valence electrons. The van der Waals surface area contributed by atoms with Gasteiger partial charge >= 0.3 is 0 Å². The van der Waals surface area contributed by atoms with E-state index >= 15 is 0 Å². The summed E-state index contributed by atoms with van der Waals surface area (Å²) in [6.07, 6.45) is 0. The third-order valence-electron chi connectivity index (χ3n) is 2.80. The predicted molar refractivity (Wildman–Crippen MR) is 72.8 cm³/mol. The van der Waals surface area contributed by atoms with Crippen LogP contribution in [0.4, 0.5) is 5.88 Å². The fourth-order valence-corrected chi connectivity index (χ4v) is 1.74. The van der Waals surface area contributed by atoms with Crippen LogP contribution in [0, 0.1) is 20.8 Å². The van der Waals surface area contributed by atoms with Crippen LogP contribution in [-0.4, -0.2) is 11.1 Å². The Morgan fingerprint density at radius 3 is 2.61 bits per heavy atom. The number of benzene rings is 1. The average molecular weight is 309 g/mol. The SMILES string of the molecule is Cc1cc(C(=O)Nc2onc(C)c2C)ccc1Br. The normalized spacial score (nSPS) is 10.4. The smallest absolute Gasteiger partial charge is 0.258 e. The molecule has 1 heterocycles. The van der Waals surface area contributed by atoms with Crippen molar-refractivity contribution in [1.82, 2.24) is 5.16 Å². The van der Waals surface area contributed by atoms with E-state index in [0.29, 0.717) is 11.4 Å². The molecule has 5 heteroatoms. The molecule has 0 aliphatic heterocycles. The third kappa shape index (κ3) is 2.46. The molecule has 0 atom stereocenters. The molecule has 0 radical (unpaired) electrons. The summed E-state index contributed by atoms with van der Waals surface area (Å²) in [4.78, 5) is 12.0. The van der Waals surface area contributed by atoms with E-state index in [1.165, 1.54) is 0 Å². The minimum absolute atomic E-state index is 0.204. The van der Waals surface area contributed by atoms with Gasteiger partial charge in [-0.05, 0) is 44.5 Å². The van der Waals surface area contributed by atoms with Gasteiger partial charge in [0.2, 0.25) is 5.88 Å². The van der Waals surface area contributed by atoms with Gasteiger partial charge in [-0.25, -0.2) is 0 Å². The highest BCUT2D eigenvalue weighted by Gasteiger charge is 2.13. The molecule has 1 N–H and O–H groups in total. The van der Waals surface area contributed by atoms with Crippen molar-refractivity contribution in [2.45, 2.75) is 20.8 Å². The van der Waals surface area contributed by atoms with Crippen LogP contribution >= 0.6 is 15.9 Å². The first-order chi connectivity index (χ1) is 8.49. The highest BCUT2D eigenvalue weighted by Crippen LogP contribution is 2.20. The lowest BCUT2D eigenvalue weighted by atomic mass is 10.1. The maximum absolute atomic E-state index is 12.0. The number of halogens is 1. The van der Waals surface area contributed by atoms with Crippen molar-refractivity contribution in [2.24, 2.45) is 0 Å². The molecule has 0 spiro atoms. The molecule has 1 aromatic carbocycles. The Morgan fingerprint density at radius 2 is 2.06 bits per heavy atom. The molecule has 0 aliphatic carbocycles. The lowest BCUT2D eigenvalue weighted by molar-refractivity contribution is 0.102. The largest absolute Gasteiger partial charge is 0.338 e. The van der Waals surface area contributed by atoms with Gasteiger partial charge in [-0.15, -0.1) is 0 Å². The van der Waals surface area contributed by atoms with Crippen molar-refractivity contribution in [3.8, 4) is 0 Å². The van der Waals surface area contributed by atoms with Gasteiger partial charge in [0.15, 0.2) is 0 Å². The number of rotatable bonds is 2. The second kappa shape index (κ2) is 4.94. The average Bonchev–Trinajstić information content (AvgIpc) is 2.64. The summed E-state index contributed by atoms with van der Waals surface area (Å²) in [5, 5.41) is 6.51. The number of aryl methyl sites for hydroxylation is 2. The number of aromatic nitrogens is 1. The molecule has 1 aromatic heterocycles. The molecular formula is C13H13BrN2O2. The van der Waals surface area contributed by atoms with E-state index in [4.69, 9.17) is 4.52 Å². The van der Waals surface area contributed by atoms with Crippen LogP contribution in [0.3, 0.4) is 0 Å². The third-order valence-corrected chi connectivity index (χ3v) is 3.69. The molecule has 0 fully saturated rings. The van der Waals surface area contributed by atoms with Gasteiger partial charge in [0.05, 0.1) is 5.69 Å². The van der Waals surface area contributed by atoms with Gasteiger partial charge in [-0.2, -0.15) is 0 Å². The quantitative estimate of drug-likeness (QED) is 0.922. The molecule has 0 aliphatic rings. The van der Waals surface area contributed by atoms with Crippen LogP contribution in [0.1, 0.15) is 27.2 Å². The maximum Gasteiger partial charge on any atom is 0.258 e. The Bertz CT molecular complexity index is 605. The first kappa shape index (κ1) is 12.8. The second-order valence-corrected chi connectivity index (χ2v) is 4.99. The zero-order chi connectivity index (χ0) is 13.3. The maximum atomic E-state index is 12.0. The molecule has 0 saturated carbocycles. The van der Waals surface area contributed by atoms with E-state index in [2.05, 4.69) is 26.4 Å². The molecule has 0 unspecified atom stereocenters. The summed E-state index contributed by atoms with van der Waals surface area (Å²) in [6, 6.07) is 5.42. The number of hydrogen-bond acceptors (Lipinski definition) is 3. The monoisotopic (exact) mass is 308 g/mol. The van der Waals surface area contributed by atoms with Crippen LogP contribution in [0.15, 0.2) is 27.2 Å². The number of amides is 1. The first-order valence-corrected chi connectivity index (χ1v) is 6.28. The number of carbonyl (C=O) groups excluding carboxylic acids is 1. The Hall–Kier alpha value is -1.62. The van der Waals surface area contributed by atoms with Crippen molar-refractivity contribution in [3.63, 3.8) is 0 Å². The molecule has 0 saturated heterocycles. The van der Waals surface area contributed by atoms with Crippen molar-refractivity contribution < 1.29 is 9.32 Å². The fraction of sp³-hybridized carbons (Fsp3) is 0.231. The van der Waals surface area contributed by atoms with Crippen LogP contribution in [0.25, 0.3) is 0 Å².